The summed E-state index contributed by atoms with van der Waals surface area (Å²) in [6.07, 6.45) is 0. The fraction of sp³-hybridized carbons (Fsp3) is 0.538. The van der Waals surface area contributed by atoms with Gasteiger partial charge in [0.05, 0.1) is 0 Å². The fourth-order valence-corrected chi connectivity index (χ4v) is 2.68. The third kappa shape index (κ3) is 1.28. The molecule has 0 amide bonds. The summed E-state index contributed by atoms with van der Waals surface area (Å²) in [5.41, 5.74) is 3.17. The van der Waals surface area contributed by atoms with Gasteiger partial charge in [-0.25, -0.2) is 0 Å². The van der Waals surface area contributed by atoms with Crippen molar-refractivity contribution in [2.24, 2.45) is 0 Å². The molecule has 0 spiro atoms. The van der Waals surface area contributed by atoms with Crippen LogP contribution in [0.25, 0.3) is 0 Å². The van der Waals surface area contributed by atoms with Crippen molar-refractivity contribution < 1.29 is 5.21 Å². The first-order valence-electron chi connectivity index (χ1n) is 5.66. The van der Waals surface area contributed by atoms with Crippen LogP contribution in [0.5, 0.6) is 0 Å². The predicted octanol–water partition coefficient (Wildman–Crippen LogP) is 2.15. The summed E-state index contributed by atoms with van der Waals surface area (Å²) in [4.78, 5) is 0. The van der Waals surface area contributed by atoms with Crippen LogP contribution in [0.1, 0.15) is 38.8 Å². The first kappa shape index (κ1) is 11.4. The van der Waals surface area contributed by atoms with E-state index in [1.165, 1.54) is 11.1 Å². The van der Waals surface area contributed by atoms with E-state index < -0.39 is 0 Å². The van der Waals surface area contributed by atoms with Crippen LogP contribution >= 0.6 is 0 Å². The Morgan fingerprint density at radius 3 is 2.19 bits per heavy atom. The molecule has 2 rings (SSSR count). The summed E-state index contributed by atoms with van der Waals surface area (Å²) in [6.45, 7) is 8.42. The van der Waals surface area contributed by atoms with Crippen molar-refractivity contribution in [1.29, 1.82) is 0 Å². The first-order chi connectivity index (χ1) is 7.31. The highest BCUT2D eigenvalue weighted by Gasteiger charge is 2.52. The van der Waals surface area contributed by atoms with Crippen LogP contribution in [0.4, 0.5) is 5.69 Å². The highest BCUT2D eigenvalue weighted by Crippen LogP contribution is 2.48. The molecule has 1 aliphatic rings. The molecular formula is C13H21N2O+. The van der Waals surface area contributed by atoms with Crippen LogP contribution < -0.4 is 5.32 Å². The molecule has 1 aromatic carbocycles. The first-order valence-corrected chi connectivity index (χ1v) is 5.66. The van der Waals surface area contributed by atoms with Crippen molar-refractivity contribution in [3.05, 3.63) is 29.3 Å². The summed E-state index contributed by atoms with van der Waals surface area (Å²) in [7, 11) is 1.92. The third-order valence-corrected chi connectivity index (χ3v) is 3.74. The summed E-state index contributed by atoms with van der Waals surface area (Å²) in [5.74, 6) is 0. The number of hydrogen-bond acceptors (Lipinski definition) is 2. The minimum absolute atomic E-state index is 0.217. The number of rotatable bonds is 1. The molecule has 0 unspecified atom stereocenters. The summed E-state index contributed by atoms with van der Waals surface area (Å²) in [6, 6.07) is 6.37. The van der Waals surface area contributed by atoms with Crippen molar-refractivity contribution in [3.8, 4) is 0 Å². The van der Waals surface area contributed by atoms with Gasteiger partial charge in [0.25, 0.3) is 0 Å². The van der Waals surface area contributed by atoms with Crippen LogP contribution in [-0.4, -0.2) is 17.3 Å². The summed E-state index contributed by atoms with van der Waals surface area (Å²) in [5, 5.41) is 13.1. The van der Waals surface area contributed by atoms with Gasteiger partial charge in [0.15, 0.2) is 0 Å². The Morgan fingerprint density at radius 1 is 1.06 bits per heavy atom. The zero-order chi connectivity index (χ0) is 12.1. The maximum absolute atomic E-state index is 8.26. The fourth-order valence-electron chi connectivity index (χ4n) is 2.68. The molecular weight excluding hydrogens is 200 g/mol. The van der Waals surface area contributed by atoms with Crippen molar-refractivity contribution in [2.75, 3.05) is 12.4 Å². The Hall–Kier alpha value is -1.06. The van der Waals surface area contributed by atoms with Gasteiger partial charge in [0, 0.05) is 12.7 Å². The molecule has 3 heteroatoms. The van der Waals surface area contributed by atoms with Crippen LogP contribution in [0.3, 0.4) is 0 Å². The van der Waals surface area contributed by atoms with E-state index in [0.29, 0.717) is 0 Å². The molecule has 16 heavy (non-hydrogen) atoms. The molecule has 0 aliphatic carbocycles. The second kappa shape index (κ2) is 3.22. The molecule has 1 aliphatic heterocycles. The highest BCUT2D eigenvalue weighted by atomic mass is 16.5. The topological polar surface area (TPSA) is 38.2 Å². The van der Waals surface area contributed by atoms with Crippen molar-refractivity contribution >= 4 is 5.69 Å². The van der Waals surface area contributed by atoms with Gasteiger partial charge in [0.2, 0.25) is 0 Å². The molecule has 88 valence electrons. The molecule has 0 radical (unpaired) electrons. The van der Waals surface area contributed by atoms with Crippen molar-refractivity contribution in [3.63, 3.8) is 0 Å². The average molecular weight is 221 g/mol. The second-order valence-corrected chi connectivity index (χ2v) is 5.46. The van der Waals surface area contributed by atoms with E-state index in [0.717, 1.165) is 5.69 Å². The lowest BCUT2D eigenvalue weighted by atomic mass is 9.90. The summed E-state index contributed by atoms with van der Waals surface area (Å²) < 4.78 is 0. The quantitative estimate of drug-likeness (QED) is 0.738. The van der Waals surface area contributed by atoms with E-state index in [2.05, 4.69) is 51.2 Å². The third-order valence-electron chi connectivity index (χ3n) is 3.74. The van der Waals surface area contributed by atoms with E-state index in [9.17, 15) is 0 Å². The molecule has 0 saturated carbocycles. The molecule has 0 aromatic heterocycles. The van der Waals surface area contributed by atoms with Gasteiger partial charge in [0.1, 0.15) is 11.1 Å². The molecule has 3 nitrogen and oxygen atoms in total. The van der Waals surface area contributed by atoms with E-state index in [1.807, 2.05) is 7.05 Å². The zero-order valence-electron chi connectivity index (χ0n) is 10.7. The Kier molecular flexibility index (Phi) is 2.30. The minimum atomic E-state index is -0.230. The molecule has 0 fully saturated rings. The lowest BCUT2D eigenvalue weighted by molar-refractivity contribution is -0.216. The Balaban J connectivity index is 2.65. The number of hydroxylamine groups is 2. The summed E-state index contributed by atoms with van der Waals surface area (Å²) >= 11 is 0. The van der Waals surface area contributed by atoms with Crippen LogP contribution in [0.15, 0.2) is 18.2 Å². The van der Waals surface area contributed by atoms with Crippen LogP contribution in [0.2, 0.25) is 0 Å². The minimum Gasteiger partial charge on any atom is -0.388 e. The normalized spacial score (nSPS) is 21.9. The lowest BCUT2D eigenvalue weighted by Gasteiger charge is -2.29. The zero-order valence-corrected chi connectivity index (χ0v) is 10.7. The van der Waals surface area contributed by atoms with Crippen molar-refractivity contribution in [1.82, 2.24) is 5.06 Å². The molecule has 3 N–H and O–H groups in total. The van der Waals surface area contributed by atoms with Gasteiger partial charge in [-0.2, -0.15) is 0 Å². The van der Waals surface area contributed by atoms with Gasteiger partial charge in [-0.3, -0.25) is 0 Å². The maximum Gasteiger partial charge on any atom is 0.109 e. The van der Waals surface area contributed by atoms with Gasteiger partial charge in [-0.05, 0) is 51.0 Å². The van der Waals surface area contributed by atoms with E-state index in [4.69, 9.17) is 5.21 Å². The smallest absolute Gasteiger partial charge is 0.109 e. The largest absolute Gasteiger partial charge is 0.388 e. The Morgan fingerprint density at radius 2 is 1.62 bits per heavy atom. The molecule has 1 aromatic rings. The second-order valence-electron chi connectivity index (χ2n) is 5.46. The molecule has 1 heterocycles. The maximum atomic E-state index is 8.26. The standard InChI is InChI=1S/C13H20N2O/c1-12(2)10-7-6-9(14-5)8-11(10)13(3,4)15(12)16/h6-8,14,16H,1-5H3/p+1. The van der Waals surface area contributed by atoms with E-state index in [-0.39, 0.29) is 11.1 Å². The Bertz CT molecular complexity index is 424. The number of benzene rings is 1. The Labute approximate surface area is 97.0 Å². The van der Waals surface area contributed by atoms with Crippen molar-refractivity contribution in [2.45, 2.75) is 38.8 Å². The van der Waals surface area contributed by atoms with Gasteiger partial charge in [-0.15, -0.1) is 0 Å². The number of hydrogen-bond donors (Lipinski definition) is 1. The van der Waals surface area contributed by atoms with E-state index in [1.54, 1.807) is 5.06 Å². The number of fused-ring (bicyclic) bond motifs is 1. The lowest BCUT2D eigenvalue weighted by Crippen LogP contribution is -2.42. The van der Waals surface area contributed by atoms with Gasteiger partial charge < -0.3 is 10.5 Å². The average Bonchev–Trinajstić information content (AvgIpc) is 2.38. The number of nitrogens with one attached hydrogen (secondary N) is 1. The number of anilines is 1. The number of nitrogens with zero attached hydrogens (tertiary/aromatic N) is 1. The van der Waals surface area contributed by atoms with Crippen LogP contribution in [0, 0.1) is 0 Å². The molecule has 0 atom stereocenters. The SMILES string of the molecule is CNc1ccc2c(c1)C(C)(C)N([OH2+])C2(C)C. The van der Waals surface area contributed by atoms with E-state index >= 15 is 0 Å². The predicted molar refractivity (Wildman–Crippen MR) is 67.5 cm³/mol. The monoisotopic (exact) mass is 221 g/mol. The van der Waals surface area contributed by atoms with Gasteiger partial charge in [-0.1, -0.05) is 11.1 Å². The van der Waals surface area contributed by atoms with Gasteiger partial charge >= 0.3 is 0 Å². The highest BCUT2D eigenvalue weighted by molar-refractivity contribution is 5.54. The molecule has 0 bridgehead atoms. The van der Waals surface area contributed by atoms with Crippen LogP contribution in [-0.2, 0) is 11.1 Å². The molecule has 0 saturated heterocycles.